The second-order valence-corrected chi connectivity index (χ2v) is 12.9. The third kappa shape index (κ3) is 11.5. The molecule has 0 aromatic carbocycles. The van der Waals surface area contributed by atoms with Crippen molar-refractivity contribution in [3.8, 4) is 0 Å². The molecule has 3 heterocycles. The van der Waals surface area contributed by atoms with Crippen LogP contribution in [0.5, 0.6) is 0 Å². The summed E-state index contributed by atoms with van der Waals surface area (Å²) in [5.74, 6) is -2.16. The molecule has 48 heavy (non-hydrogen) atoms. The van der Waals surface area contributed by atoms with Gasteiger partial charge >= 0.3 is 5.69 Å². The van der Waals surface area contributed by atoms with E-state index in [1.165, 1.54) is 83.8 Å². The van der Waals surface area contributed by atoms with Gasteiger partial charge in [0, 0.05) is 31.8 Å². The predicted molar refractivity (Wildman–Crippen MR) is 178 cm³/mol. The number of aliphatic hydroxyl groups is 2. The van der Waals surface area contributed by atoms with E-state index in [-0.39, 0.29) is 5.76 Å². The molecule has 2 aliphatic heterocycles. The molecule has 0 bridgehead atoms. The first-order chi connectivity index (χ1) is 23.1. The van der Waals surface area contributed by atoms with E-state index in [1.54, 1.807) is 6.92 Å². The molecule has 3 rings (SSSR count). The number of nitrogens with two attached hydrogens (primary N) is 1. The van der Waals surface area contributed by atoms with Crippen molar-refractivity contribution < 1.29 is 38.7 Å². The molecular weight excluding hydrogens is 624 g/mol. The van der Waals surface area contributed by atoms with Crippen LogP contribution in [0, 0.1) is 5.92 Å². The van der Waals surface area contributed by atoms with E-state index in [0.29, 0.717) is 6.54 Å². The largest absolute Gasteiger partial charge is 0.457 e. The molecule has 1 aromatic heterocycles. The Bertz CT molecular complexity index is 1280. The number of H-pyrrole nitrogens is 1. The number of aromatic nitrogens is 2. The number of carbonyl (C=O) groups is 2. The summed E-state index contributed by atoms with van der Waals surface area (Å²) in [5, 5.41) is 24.5. The Morgan fingerprint density at radius 3 is 2.10 bits per heavy atom. The Hall–Kier alpha value is -3.04. The third-order valence-electron chi connectivity index (χ3n) is 9.02. The zero-order valence-corrected chi connectivity index (χ0v) is 28.6. The first-order valence-corrected chi connectivity index (χ1v) is 17.6. The number of ether oxygens (including phenoxy) is 4. The van der Waals surface area contributed by atoms with Gasteiger partial charge in [0.05, 0.1) is 0 Å². The summed E-state index contributed by atoms with van der Waals surface area (Å²) < 4.78 is 23.7. The number of unbranched alkanes of at least 4 members (excludes halogenated alkanes) is 13. The number of aliphatic hydroxyl groups excluding tert-OH is 2. The van der Waals surface area contributed by atoms with Gasteiger partial charge in [0.25, 0.3) is 11.5 Å². The number of hydrogen-bond acceptors (Lipinski definition) is 10. The first kappa shape index (κ1) is 39.4. The van der Waals surface area contributed by atoms with Gasteiger partial charge in [-0.25, -0.2) is 4.79 Å². The smallest absolute Gasteiger partial charge is 0.330 e. The molecule has 1 saturated heterocycles. The molecule has 8 atom stereocenters. The zero-order chi connectivity index (χ0) is 35.1. The van der Waals surface area contributed by atoms with Crippen LogP contribution in [0.15, 0.2) is 33.7 Å². The van der Waals surface area contributed by atoms with E-state index in [0.717, 1.165) is 36.1 Å². The molecule has 0 radical (unpaired) electrons. The number of primary amides is 1. The number of rotatable bonds is 22. The van der Waals surface area contributed by atoms with Gasteiger partial charge < -0.3 is 40.2 Å². The highest BCUT2D eigenvalue weighted by Gasteiger charge is 2.52. The summed E-state index contributed by atoms with van der Waals surface area (Å²) in [6.07, 6.45) is 10.2. The fourth-order valence-corrected chi connectivity index (χ4v) is 6.17. The molecular formula is C34H56N4O10. The number of hydrogen-bond donors (Lipinski definition) is 5. The van der Waals surface area contributed by atoms with Crippen LogP contribution in [0.2, 0.25) is 0 Å². The SMILES string of the molecule is CCCCCCCCCCCCCCCCNC(=O)C1=C[C@H](C)[C@H](O)[C@@H](O[C@@H](C(N)=O)[C@H]2O[C@@H](n3ccc(=O)[nH]c3=O)[C@H](O)[C@@H]2OC)O1. The van der Waals surface area contributed by atoms with E-state index in [2.05, 4.69) is 17.2 Å². The van der Waals surface area contributed by atoms with Crippen LogP contribution in [0.25, 0.3) is 0 Å². The standard InChI is InChI=1S/C34H56N4O10/c1-4-5-6-7-8-9-10-11-12-13-14-15-16-17-19-36-31(43)23-21-22(2)25(40)33(46-23)48-29(30(35)42)28-27(45-3)26(41)32(47-28)38-20-18-24(39)37-34(38)44/h18,20-22,25-29,32-33,40-41H,4-17,19H2,1-3H3,(H2,35,42)(H,36,43)(H,37,39,44)/t22-,25-,26+,27-,28-,29+,32+,33+/m0/s1. The molecule has 0 saturated carbocycles. The minimum absolute atomic E-state index is 0.0697. The molecule has 0 aliphatic carbocycles. The fraction of sp³-hybridized carbons (Fsp3) is 0.765. The van der Waals surface area contributed by atoms with E-state index >= 15 is 0 Å². The number of methoxy groups -OCH3 is 1. The quantitative estimate of drug-likeness (QED) is 0.113. The van der Waals surface area contributed by atoms with Crippen molar-refractivity contribution in [2.45, 2.75) is 147 Å². The topological polar surface area (TPSA) is 204 Å². The molecule has 1 aromatic rings. The van der Waals surface area contributed by atoms with Crippen molar-refractivity contribution in [2.24, 2.45) is 11.7 Å². The van der Waals surface area contributed by atoms with Gasteiger partial charge in [-0.05, 0) is 12.5 Å². The molecule has 272 valence electrons. The number of carbonyl (C=O) groups excluding carboxylic acids is 2. The molecule has 14 heteroatoms. The normalized spacial score (nSPS) is 26.1. The second-order valence-electron chi connectivity index (χ2n) is 12.9. The van der Waals surface area contributed by atoms with Gasteiger partial charge in [-0.1, -0.05) is 97.3 Å². The van der Waals surface area contributed by atoms with Crippen molar-refractivity contribution in [1.82, 2.24) is 14.9 Å². The van der Waals surface area contributed by atoms with E-state index in [9.17, 15) is 29.4 Å². The summed E-state index contributed by atoms with van der Waals surface area (Å²) in [6.45, 7) is 4.36. The van der Waals surface area contributed by atoms with Crippen molar-refractivity contribution >= 4 is 11.8 Å². The highest BCUT2D eigenvalue weighted by molar-refractivity contribution is 5.91. The Labute approximate surface area is 282 Å². The van der Waals surface area contributed by atoms with E-state index in [1.807, 2.05) is 0 Å². The Kier molecular flexibility index (Phi) is 16.8. The van der Waals surface area contributed by atoms with E-state index < -0.39 is 72.0 Å². The van der Waals surface area contributed by atoms with Crippen LogP contribution in [-0.4, -0.2) is 82.0 Å². The summed E-state index contributed by atoms with van der Waals surface area (Å²) >= 11 is 0. The monoisotopic (exact) mass is 680 g/mol. The van der Waals surface area contributed by atoms with Gasteiger partial charge in [0.1, 0.15) is 24.4 Å². The van der Waals surface area contributed by atoms with Crippen LogP contribution in [0.4, 0.5) is 0 Å². The number of nitrogens with one attached hydrogen (secondary N) is 2. The molecule has 14 nitrogen and oxygen atoms in total. The maximum atomic E-state index is 12.9. The lowest BCUT2D eigenvalue weighted by Gasteiger charge is -2.35. The average Bonchev–Trinajstić information content (AvgIpc) is 3.38. The predicted octanol–water partition coefficient (Wildman–Crippen LogP) is 2.52. The van der Waals surface area contributed by atoms with Crippen molar-refractivity contribution in [3.05, 3.63) is 44.9 Å². The zero-order valence-electron chi connectivity index (χ0n) is 28.6. The number of amides is 2. The van der Waals surface area contributed by atoms with Gasteiger partial charge in [-0.15, -0.1) is 0 Å². The van der Waals surface area contributed by atoms with Crippen molar-refractivity contribution in [1.29, 1.82) is 0 Å². The second kappa shape index (κ2) is 20.5. The molecule has 0 unspecified atom stereocenters. The Morgan fingerprint density at radius 2 is 1.56 bits per heavy atom. The minimum Gasteiger partial charge on any atom is -0.457 e. The number of aromatic amines is 1. The summed E-state index contributed by atoms with van der Waals surface area (Å²) in [5.41, 5.74) is 4.15. The lowest BCUT2D eigenvalue weighted by Crippen LogP contribution is -2.53. The molecule has 2 aliphatic rings. The van der Waals surface area contributed by atoms with Crippen LogP contribution in [0.1, 0.15) is 110 Å². The Morgan fingerprint density at radius 1 is 0.979 bits per heavy atom. The lowest BCUT2D eigenvalue weighted by atomic mass is 10.00. The molecule has 0 spiro atoms. The maximum Gasteiger partial charge on any atom is 0.330 e. The third-order valence-corrected chi connectivity index (χ3v) is 9.02. The minimum atomic E-state index is -1.63. The average molecular weight is 681 g/mol. The lowest BCUT2D eigenvalue weighted by molar-refractivity contribution is -0.235. The highest BCUT2D eigenvalue weighted by Crippen LogP contribution is 2.34. The van der Waals surface area contributed by atoms with Gasteiger partial charge in [0.15, 0.2) is 18.1 Å². The highest BCUT2D eigenvalue weighted by atomic mass is 16.7. The van der Waals surface area contributed by atoms with Crippen molar-refractivity contribution in [2.75, 3.05) is 13.7 Å². The molecule has 2 amide bonds. The van der Waals surface area contributed by atoms with Crippen molar-refractivity contribution in [3.63, 3.8) is 0 Å². The molecule has 1 fully saturated rings. The first-order valence-electron chi connectivity index (χ1n) is 17.6. The van der Waals surface area contributed by atoms with Gasteiger partial charge in [0.2, 0.25) is 12.2 Å². The van der Waals surface area contributed by atoms with Crippen LogP contribution in [-0.2, 0) is 28.5 Å². The summed E-state index contributed by atoms with van der Waals surface area (Å²) in [7, 11) is 1.26. The Balaban J connectivity index is 1.45. The van der Waals surface area contributed by atoms with E-state index in [4.69, 9.17) is 24.7 Å². The van der Waals surface area contributed by atoms with Crippen LogP contribution in [0.3, 0.4) is 0 Å². The summed E-state index contributed by atoms with van der Waals surface area (Å²) in [6, 6.07) is 1.07. The maximum absolute atomic E-state index is 12.9. The fourth-order valence-electron chi connectivity index (χ4n) is 6.17. The summed E-state index contributed by atoms with van der Waals surface area (Å²) in [4.78, 5) is 51.5. The molecule has 6 N–H and O–H groups in total. The number of nitrogens with zero attached hydrogens (tertiary/aromatic N) is 1. The van der Waals surface area contributed by atoms with Gasteiger partial charge in [-0.3, -0.25) is 23.9 Å². The van der Waals surface area contributed by atoms with Gasteiger partial charge in [-0.2, -0.15) is 0 Å². The van der Waals surface area contributed by atoms with Crippen LogP contribution < -0.4 is 22.3 Å². The van der Waals surface area contributed by atoms with Crippen LogP contribution >= 0.6 is 0 Å².